The molecule has 0 fully saturated rings. The highest BCUT2D eigenvalue weighted by atomic mass is 35.5. The van der Waals surface area contributed by atoms with Gasteiger partial charge in [0, 0.05) is 0 Å². The quantitative estimate of drug-likeness (QED) is 0.912. The van der Waals surface area contributed by atoms with Crippen LogP contribution in [0.1, 0.15) is 21.7 Å². The SMILES string of the molecule is COc1ccc(/C=C/c2cc(C(=O)O)ncn2)c(Cl)c1OC. The van der Waals surface area contributed by atoms with E-state index in [1.165, 1.54) is 26.6 Å². The third-order valence-electron chi connectivity index (χ3n) is 2.86. The molecular weight excluding hydrogens is 308 g/mol. The van der Waals surface area contributed by atoms with Crippen LogP contribution in [0, 0.1) is 0 Å². The van der Waals surface area contributed by atoms with Crippen LogP contribution in [0.3, 0.4) is 0 Å². The Hall–Kier alpha value is -2.60. The van der Waals surface area contributed by atoms with Gasteiger partial charge in [-0.25, -0.2) is 14.8 Å². The average molecular weight is 321 g/mol. The number of carboxylic acid groups (broad SMARTS) is 1. The largest absolute Gasteiger partial charge is 0.493 e. The van der Waals surface area contributed by atoms with Gasteiger partial charge in [-0.1, -0.05) is 17.7 Å². The number of nitrogens with zero attached hydrogens (tertiary/aromatic N) is 2. The van der Waals surface area contributed by atoms with E-state index in [-0.39, 0.29) is 5.69 Å². The maximum absolute atomic E-state index is 10.9. The molecule has 0 bridgehead atoms. The molecule has 114 valence electrons. The molecule has 1 aromatic carbocycles. The smallest absolute Gasteiger partial charge is 0.354 e. The van der Waals surface area contributed by atoms with Crippen molar-refractivity contribution in [2.24, 2.45) is 0 Å². The highest BCUT2D eigenvalue weighted by Crippen LogP contribution is 2.37. The molecule has 0 aliphatic heterocycles. The number of hydrogen-bond donors (Lipinski definition) is 1. The molecular formula is C15H13ClN2O4. The molecule has 0 unspecified atom stereocenters. The zero-order chi connectivity index (χ0) is 16.1. The zero-order valence-electron chi connectivity index (χ0n) is 11.9. The summed E-state index contributed by atoms with van der Waals surface area (Å²) in [6.07, 6.45) is 4.54. The van der Waals surface area contributed by atoms with E-state index in [9.17, 15) is 4.79 Å². The van der Waals surface area contributed by atoms with E-state index in [4.69, 9.17) is 26.2 Å². The van der Waals surface area contributed by atoms with Crippen molar-refractivity contribution in [3.63, 3.8) is 0 Å². The standard InChI is InChI=1S/C15H13ClN2O4/c1-21-12-6-4-9(13(16)14(12)22-2)3-5-10-7-11(15(19)20)18-8-17-10/h3-8H,1-2H3,(H,19,20)/b5-3+. The Labute approximate surface area is 132 Å². The Bertz CT molecular complexity index is 731. The van der Waals surface area contributed by atoms with Crippen LogP contribution >= 0.6 is 11.6 Å². The van der Waals surface area contributed by atoms with E-state index in [1.54, 1.807) is 24.3 Å². The fourth-order valence-electron chi connectivity index (χ4n) is 1.79. The zero-order valence-corrected chi connectivity index (χ0v) is 12.7. The van der Waals surface area contributed by atoms with E-state index in [0.29, 0.717) is 27.8 Å². The summed E-state index contributed by atoms with van der Waals surface area (Å²) in [5, 5.41) is 9.29. The summed E-state index contributed by atoms with van der Waals surface area (Å²) in [5.74, 6) is -0.152. The maximum Gasteiger partial charge on any atom is 0.354 e. The van der Waals surface area contributed by atoms with Crippen LogP contribution < -0.4 is 9.47 Å². The minimum absolute atomic E-state index is 0.0759. The number of carboxylic acids is 1. The van der Waals surface area contributed by atoms with E-state index in [2.05, 4.69) is 9.97 Å². The lowest BCUT2D eigenvalue weighted by Crippen LogP contribution is -2.00. The molecule has 1 aromatic heterocycles. The molecule has 0 spiro atoms. The second-order valence-electron chi connectivity index (χ2n) is 4.17. The third kappa shape index (κ3) is 3.35. The summed E-state index contributed by atoms with van der Waals surface area (Å²) in [4.78, 5) is 18.5. The lowest BCUT2D eigenvalue weighted by Gasteiger charge is -2.10. The van der Waals surface area contributed by atoms with Crippen LogP contribution in [-0.2, 0) is 0 Å². The molecule has 6 nitrogen and oxygen atoms in total. The molecule has 0 radical (unpaired) electrons. The summed E-state index contributed by atoms with van der Waals surface area (Å²) in [6.45, 7) is 0. The predicted octanol–water partition coefficient (Wildman–Crippen LogP) is 3.02. The first-order valence-electron chi connectivity index (χ1n) is 6.20. The highest BCUT2D eigenvalue weighted by molar-refractivity contribution is 6.34. The number of aromatic carboxylic acids is 1. The summed E-state index contributed by atoms with van der Waals surface area (Å²) >= 11 is 6.26. The van der Waals surface area contributed by atoms with Crippen molar-refractivity contribution in [1.29, 1.82) is 0 Å². The number of hydrogen-bond acceptors (Lipinski definition) is 5. The van der Waals surface area contributed by atoms with Gasteiger partial charge in [0.1, 0.15) is 6.33 Å². The van der Waals surface area contributed by atoms with Gasteiger partial charge in [0.05, 0.1) is 24.9 Å². The Balaban J connectivity index is 2.34. The van der Waals surface area contributed by atoms with Gasteiger partial charge in [-0.15, -0.1) is 0 Å². The lowest BCUT2D eigenvalue weighted by atomic mass is 10.1. The van der Waals surface area contributed by atoms with Gasteiger partial charge in [-0.3, -0.25) is 0 Å². The van der Waals surface area contributed by atoms with E-state index in [0.717, 1.165) is 0 Å². The maximum atomic E-state index is 10.9. The number of aromatic nitrogens is 2. The molecule has 0 aliphatic rings. The Morgan fingerprint density at radius 1 is 1.23 bits per heavy atom. The molecule has 0 aliphatic carbocycles. The molecule has 2 rings (SSSR count). The first kappa shape index (κ1) is 15.8. The van der Waals surface area contributed by atoms with Gasteiger partial charge >= 0.3 is 5.97 Å². The molecule has 0 atom stereocenters. The fourth-order valence-corrected chi connectivity index (χ4v) is 2.09. The Morgan fingerprint density at radius 2 is 2.00 bits per heavy atom. The van der Waals surface area contributed by atoms with Crippen LogP contribution in [0.2, 0.25) is 5.02 Å². The van der Waals surface area contributed by atoms with E-state index in [1.807, 2.05) is 0 Å². The normalized spacial score (nSPS) is 10.7. The molecule has 1 heterocycles. The molecule has 7 heteroatoms. The minimum atomic E-state index is -1.11. The number of rotatable bonds is 5. The summed E-state index contributed by atoms with van der Waals surface area (Å²) in [6, 6.07) is 4.86. The van der Waals surface area contributed by atoms with Crippen molar-refractivity contribution in [3.8, 4) is 11.5 Å². The molecule has 0 saturated heterocycles. The second kappa shape index (κ2) is 6.91. The van der Waals surface area contributed by atoms with Gasteiger partial charge in [-0.2, -0.15) is 0 Å². The van der Waals surface area contributed by atoms with Crippen LogP contribution in [0.25, 0.3) is 12.2 Å². The van der Waals surface area contributed by atoms with Crippen LogP contribution in [0.4, 0.5) is 0 Å². The number of carbonyl (C=O) groups is 1. The lowest BCUT2D eigenvalue weighted by molar-refractivity contribution is 0.0690. The van der Waals surface area contributed by atoms with Gasteiger partial charge in [0.25, 0.3) is 0 Å². The van der Waals surface area contributed by atoms with Crippen molar-refractivity contribution in [2.45, 2.75) is 0 Å². The molecule has 1 N–H and O–H groups in total. The second-order valence-corrected chi connectivity index (χ2v) is 4.55. The van der Waals surface area contributed by atoms with Crippen molar-refractivity contribution in [3.05, 3.63) is 46.5 Å². The number of benzene rings is 1. The average Bonchev–Trinajstić information content (AvgIpc) is 2.53. The number of halogens is 1. The number of methoxy groups -OCH3 is 2. The topological polar surface area (TPSA) is 81.5 Å². The monoisotopic (exact) mass is 320 g/mol. The van der Waals surface area contributed by atoms with Crippen molar-refractivity contribution < 1.29 is 19.4 Å². The molecule has 22 heavy (non-hydrogen) atoms. The van der Waals surface area contributed by atoms with E-state index >= 15 is 0 Å². The van der Waals surface area contributed by atoms with Crippen LogP contribution in [-0.4, -0.2) is 35.3 Å². The van der Waals surface area contributed by atoms with Gasteiger partial charge in [0.2, 0.25) is 0 Å². The summed E-state index contributed by atoms with van der Waals surface area (Å²) < 4.78 is 10.4. The van der Waals surface area contributed by atoms with Crippen molar-refractivity contribution in [1.82, 2.24) is 9.97 Å². The molecule has 0 saturated carbocycles. The van der Waals surface area contributed by atoms with Crippen molar-refractivity contribution >= 4 is 29.7 Å². The van der Waals surface area contributed by atoms with Gasteiger partial charge in [-0.05, 0) is 29.8 Å². The van der Waals surface area contributed by atoms with E-state index < -0.39 is 5.97 Å². The Kier molecular flexibility index (Phi) is 4.95. The highest BCUT2D eigenvalue weighted by Gasteiger charge is 2.11. The van der Waals surface area contributed by atoms with Gasteiger partial charge in [0.15, 0.2) is 17.2 Å². The van der Waals surface area contributed by atoms with Crippen LogP contribution in [0.15, 0.2) is 24.5 Å². The summed E-state index contributed by atoms with van der Waals surface area (Å²) in [7, 11) is 3.03. The van der Waals surface area contributed by atoms with Crippen molar-refractivity contribution in [2.75, 3.05) is 14.2 Å². The first-order chi connectivity index (χ1) is 10.6. The fraction of sp³-hybridized carbons (Fsp3) is 0.133. The van der Waals surface area contributed by atoms with Gasteiger partial charge < -0.3 is 14.6 Å². The predicted molar refractivity (Wildman–Crippen MR) is 82.5 cm³/mol. The minimum Gasteiger partial charge on any atom is -0.493 e. The third-order valence-corrected chi connectivity index (χ3v) is 3.25. The molecule has 2 aromatic rings. The summed E-state index contributed by atoms with van der Waals surface area (Å²) in [5.41, 5.74) is 1.07. The van der Waals surface area contributed by atoms with Crippen LogP contribution in [0.5, 0.6) is 11.5 Å². The Morgan fingerprint density at radius 3 is 2.64 bits per heavy atom. The first-order valence-corrected chi connectivity index (χ1v) is 6.58. The molecule has 0 amide bonds. The number of ether oxygens (including phenoxy) is 2.